The van der Waals surface area contributed by atoms with E-state index in [1.165, 1.54) is 0 Å². The van der Waals surface area contributed by atoms with Crippen molar-refractivity contribution in [2.75, 3.05) is 19.8 Å². The van der Waals surface area contributed by atoms with Crippen LogP contribution in [0.4, 0.5) is 4.79 Å². The van der Waals surface area contributed by atoms with Crippen LogP contribution in [0, 0.1) is 0 Å². The maximum atomic E-state index is 11.6. The van der Waals surface area contributed by atoms with Crippen molar-refractivity contribution < 1.29 is 4.79 Å². The van der Waals surface area contributed by atoms with E-state index in [0.717, 1.165) is 25.9 Å². The van der Waals surface area contributed by atoms with Gasteiger partial charge in [-0.15, -0.1) is 0 Å². The molecule has 0 saturated carbocycles. The Bertz CT molecular complexity index is 235. The van der Waals surface area contributed by atoms with Crippen molar-refractivity contribution in [3.8, 4) is 0 Å². The molecule has 0 aromatic heterocycles. The molecule has 78 valence electrons. The van der Waals surface area contributed by atoms with Gasteiger partial charge in [-0.2, -0.15) is 0 Å². The molecule has 0 aromatic rings. The summed E-state index contributed by atoms with van der Waals surface area (Å²) in [7, 11) is 0. The van der Waals surface area contributed by atoms with Gasteiger partial charge in [0.2, 0.25) is 0 Å². The summed E-state index contributed by atoms with van der Waals surface area (Å²) in [5, 5.41) is 9.25. The normalized spacial score (nSPS) is 22.1. The van der Waals surface area contributed by atoms with Crippen LogP contribution in [0.2, 0.25) is 0 Å². The molecule has 2 amide bonds. The maximum absolute atomic E-state index is 11.6. The van der Waals surface area contributed by atoms with Crippen molar-refractivity contribution in [1.29, 1.82) is 0 Å². The van der Waals surface area contributed by atoms with Gasteiger partial charge in [0.15, 0.2) is 0 Å². The van der Waals surface area contributed by atoms with Crippen molar-refractivity contribution in [3.05, 3.63) is 12.4 Å². The van der Waals surface area contributed by atoms with Crippen LogP contribution in [-0.4, -0.2) is 36.7 Å². The highest BCUT2D eigenvalue weighted by Crippen LogP contribution is 2.04. The fourth-order valence-corrected chi connectivity index (χ4v) is 1.71. The van der Waals surface area contributed by atoms with Gasteiger partial charge in [0, 0.05) is 18.4 Å². The first-order valence-corrected chi connectivity index (χ1v) is 5.04. The lowest BCUT2D eigenvalue weighted by atomic mass is 10.1. The van der Waals surface area contributed by atoms with Gasteiger partial charge in [-0.25, -0.2) is 4.79 Å². The van der Waals surface area contributed by atoms with E-state index in [2.05, 4.69) is 16.0 Å². The van der Waals surface area contributed by atoms with Crippen LogP contribution in [0.3, 0.4) is 0 Å². The van der Waals surface area contributed by atoms with Gasteiger partial charge in [0.25, 0.3) is 0 Å². The molecular weight excluding hydrogens is 180 g/mol. The number of urea groups is 1. The molecule has 1 saturated heterocycles. The third-order valence-electron chi connectivity index (χ3n) is 2.56. The van der Waals surface area contributed by atoms with E-state index < -0.39 is 0 Å². The minimum Gasteiger partial charge on any atom is -0.372 e. The van der Waals surface area contributed by atoms with E-state index in [4.69, 9.17) is 0 Å². The van der Waals surface area contributed by atoms with Gasteiger partial charge in [-0.1, -0.05) is 0 Å². The van der Waals surface area contributed by atoms with Crippen LogP contribution in [-0.2, 0) is 0 Å². The standard InChI is InChI=1S/C9H16N4O/c14-9(13-6-5-11-7-13)12-8-1-3-10-4-2-8/h5-6,8,10-11H,1-4,7H2,(H,12,14). The molecule has 0 unspecified atom stereocenters. The average molecular weight is 196 g/mol. The number of carbonyl (C=O) groups is 1. The second-order valence-electron chi connectivity index (χ2n) is 3.62. The zero-order valence-corrected chi connectivity index (χ0v) is 8.12. The van der Waals surface area contributed by atoms with E-state index in [1.54, 1.807) is 17.3 Å². The average Bonchev–Trinajstić information content (AvgIpc) is 2.72. The maximum Gasteiger partial charge on any atom is 0.323 e. The lowest BCUT2D eigenvalue weighted by molar-refractivity contribution is 0.209. The summed E-state index contributed by atoms with van der Waals surface area (Å²) in [6.45, 7) is 2.58. The minimum absolute atomic E-state index is 0.00171. The van der Waals surface area contributed by atoms with Crippen LogP contribution in [0.25, 0.3) is 0 Å². The summed E-state index contributed by atoms with van der Waals surface area (Å²) in [6.07, 6.45) is 5.59. The molecule has 1 fully saturated rings. The zero-order valence-electron chi connectivity index (χ0n) is 8.12. The smallest absolute Gasteiger partial charge is 0.323 e. The molecule has 2 rings (SSSR count). The minimum atomic E-state index is -0.00171. The highest BCUT2D eigenvalue weighted by atomic mass is 16.2. The fraction of sp³-hybridized carbons (Fsp3) is 0.667. The number of rotatable bonds is 1. The SMILES string of the molecule is O=C(NC1CCNCC1)N1C=CNC1. The largest absolute Gasteiger partial charge is 0.372 e. The highest BCUT2D eigenvalue weighted by molar-refractivity contribution is 5.75. The van der Waals surface area contributed by atoms with E-state index in [-0.39, 0.29) is 6.03 Å². The third-order valence-corrected chi connectivity index (χ3v) is 2.56. The molecule has 0 aromatic carbocycles. The molecule has 2 heterocycles. The molecule has 3 N–H and O–H groups in total. The van der Waals surface area contributed by atoms with Crippen LogP contribution < -0.4 is 16.0 Å². The van der Waals surface area contributed by atoms with Crippen LogP contribution >= 0.6 is 0 Å². The lowest BCUT2D eigenvalue weighted by Gasteiger charge is -2.25. The predicted octanol–water partition coefficient (Wildman–Crippen LogP) is -0.218. The first-order valence-electron chi connectivity index (χ1n) is 5.04. The highest BCUT2D eigenvalue weighted by Gasteiger charge is 2.19. The van der Waals surface area contributed by atoms with Crippen LogP contribution in [0.5, 0.6) is 0 Å². The van der Waals surface area contributed by atoms with Gasteiger partial charge in [-0.3, -0.25) is 4.90 Å². The number of hydrogen-bond donors (Lipinski definition) is 3. The number of carbonyl (C=O) groups excluding carboxylic acids is 1. The van der Waals surface area contributed by atoms with Crippen molar-refractivity contribution in [2.24, 2.45) is 0 Å². The number of hydrogen-bond acceptors (Lipinski definition) is 3. The summed E-state index contributed by atoms with van der Waals surface area (Å²) in [5.41, 5.74) is 0. The molecule has 14 heavy (non-hydrogen) atoms. The summed E-state index contributed by atoms with van der Waals surface area (Å²) in [5.74, 6) is 0. The Kier molecular flexibility index (Phi) is 2.88. The van der Waals surface area contributed by atoms with E-state index in [1.807, 2.05) is 0 Å². The second-order valence-corrected chi connectivity index (χ2v) is 3.62. The monoisotopic (exact) mass is 196 g/mol. The molecule has 0 atom stereocenters. The van der Waals surface area contributed by atoms with Gasteiger partial charge in [-0.05, 0) is 25.9 Å². The van der Waals surface area contributed by atoms with Crippen molar-refractivity contribution in [1.82, 2.24) is 20.9 Å². The molecule has 5 heteroatoms. The number of nitrogens with one attached hydrogen (secondary N) is 3. The van der Waals surface area contributed by atoms with Crippen molar-refractivity contribution >= 4 is 6.03 Å². The number of piperidine rings is 1. The zero-order chi connectivity index (χ0) is 9.80. The quantitative estimate of drug-likeness (QED) is 0.543. The Morgan fingerprint density at radius 3 is 2.86 bits per heavy atom. The Morgan fingerprint density at radius 1 is 1.43 bits per heavy atom. The van der Waals surface area contributed by atoms with Crippen molar-refractivity contribution in [3.63, 3.8) is 0 Å². The van der Waals surface area contributed by atoms with Gasteiger partial charge in [0.05, 0.1) is 6.67 Å². The number of amides is 2. The third kappa shape index (κ3) is 2.17. The Balaban J connectivity index is 1.78. The summed E-state index contributed by atoms with van der Waals surface area (Å²) in [6, 6.07) is 0.330. The predicted molar refractivity (Wildman–Crippen MR) is 53.4 cm³/mol. The second kappa shape index (κ2) is 4.32. The first-order chi connectivity index (χ1) is 6.86. The topological polar surface area (TPSA) is 56.4 Å². The first kappa shape index (κ1) is 9.33. The summed E-state index contributed by atoms with van der Waals surface area (Å²) in [4.78, 5) is 13.3. The molecule has 0 aliphatic carbocycles. The molecule has 2 aliphatic rings. The van der Waals surface area contributed by atoms with Crippen LogP contribution in [0.1, 0.15) is 12.8 Å². The Morgan fingerprint density at radius 2 is 2.21 bits per heavy atom. The molecule has 5 nitrogen and oxygen atoms in total. The lowest BCUT2D eigenvalue weighted by Crippen LogP contribution is -2.47. The fourth-order valence-electron chi connectivity index (χ4n) is 1.71. The molecule has 0 bridgehead atoms. The van der Waals surface area contributed by atoms with Crippen LogP contribution in [0.15, 0.2) is 12.4 Å². The van der Waals surface area contributed by atoms with E-state index in [0.29, 0.717) is 12.7 Å². The Labute approximate surface area is 83.5 Å². The molecule has 2 aliphatic heterocycles. The Hall–Kier alpha value is -1.23. The number of nitrogens with zero attached hydrogens (tertiary/aromatic N) is 1. The van der Waals surface area contributed by atoms with Gasteiger partial charge in [0.1, 0.15) is 0 Å². The van der Waals surface area contributed by atoms with Crippen molar-refractivity contribution in [2.45, 2.75) is 18.9 Å². The van der Waals surface area contributed by atoms with Gasteiger partial charge >= 0.3 is 6.03 Å². The summed E-state index contributed by atoms with van der Waals surface area (Å²) < 4.78 is 0. The molecular formula is C9H16N4O. The van der Waals surface area contributed by atoms with Gasteiger partial charge < -0.3 is 16.0 Å². The molecule has 0 spiro atoms. The van der Waals surface area contributed by atoms with E-state index in [9.17, 15) is 4.79 Å². The molecule has 0 radical (unpaired) electrons. The van der Waals surface area contributed by atoms with E-state index >= 15 is 0 Å². The summed E-state index contributed by atoms with van der Waals surface area (Å²) >= 11 is 0.